The van der Waals surface area contributed by atoms with Crippen LogP contribution >= 0.6 is 0 Å². The Morgan fingerprint density at radius 3 is 3.14 bits per heavy atom. The minimum atomic E-state index is -1.08. The number of ether oxygens (including phenoxy) is 1. The maximum atomic E-state index is 12.3. The van der Waals surface area contributed by atoms with Crippen LogP contribution < -0.4 is 10.6 Å². The molecule has 1 aromatic rings. The molecule has 21 heavy (non-hydrogen) atoms. The lowest BCUT2D eigenvalue weighted by Gasteiger charge is -2.28. The molecule has 1 amide bonds. The van der Waals surface area contributed by atoms with Crippen molar-refractivity contribution in [2.45, 2.75) is 32.0 Å². The summed E-state index contributed by atoms with van der Waals surface area (Å²) >= 11 is 0. The summed E-state index contributed by atoms with van der Waals surface area (Å²) in [6, 6.07) is -0.927. The predicted octanol–water partition coefficient (Wildman–Crippen LogP) is -0.970. The molecule has 1 saturated heterocycles. The van der Waals surface area contributed by atoms with Gasteiger partial charge in [-0.3, -0.25) is 14.9 Å². The molecule has 0 bridgehead atoms. The second-order valence-electron chi connectivity index (χ2n) is 5.76. The molecule has 0 spiro atoms. The van der Waals surface area contributed by atoms with Gasteiger partial charge < -0.3 is 20.1 Å². The smallest absolute Gasteiger partial charge is 0.313 e. The maximum absolute atomic E-state index is 12.3. The number of rotatable bonds is 3. The molecular formula is C13H18N4O4. The van der Waals surface area contributed by atoms with Gasteiger partial charge in [-0.15, -0.1) is 0 Å². The van der Waals surface area contributed by atoms with Crippen LogP contribution in [-0.4, -0.2) is 52.2 Å². The minimum Gasteiger partial charge on any atom is -0.481 e. The van der Waals surface area contributed by atoms with Gasteiger partial charge in [-0.2, -0.15) is 0 Å². The molecular weight excluding hydrogens is 276 g/mol. The number of carbonyl (C=O) groups excluding carboxylic acids is 1. The molecule has 0 aromatic carbocycles. The normalized spacial score (nSPS) is 31.7. The van der Waals surface area contributed by atoms with Crippen molar-refractivity contribution < 1.29 is 19.4 Å². The third-order valence-electron chi connectivity index (χ3n) is 4.31. The summed E-state index contributed by atoms with van der Waals surface area (Å²) in [6.07, 6.45) is 2.10. The first-order chi connectivity index (χ1) is 10.0. The highest BCUT2D eigenvalue weighted by Crippen LogP contribution is 2.28. The number of aromatic nitrogens is 2. The van der Waals surface area contributed by atoms with E-state index >= 15 is 0 Å². The average molecular weight is 294 g/mol. The number of carboxylic acids is 1. The van der Waals surface area contributed by atoms with E-state index in [2.05, 4.69) is 20.6 Å². The second-order valence-corrected chi connectivity index (χ2v) is 5.76. The molecule has 3 unspecified atom stereocenters. The van der Waals surface area contributed by atoms with Gasteiger partial charge in [0.2, 0.25) is 5.91 Å². The molecule has 0 saturated carbocycles. The van der Waals surface area contributed by atoms with Gasteiger partial charge in [0, 0.05) is 13.0 Å². The van der Waals surface area contributed by atoms with Gasteiger partial charge in [0.05, 0.1) is 43.0 Å². The lowest BCUT2D eigenvalue weighted by molar-refractivity contribution is -0.149. The molecule has 114 valence electrons. The van der Waals surface area contributed by atoms with E-state index in [0.717, 1.165) is 11.4 Å². The summed E-state index contributed by atoms with van der Waals surface area (Å²) in [7, 11) is 0. The Balaban J connectivity index is 1.66. The Hall–Kier alpha value is -1.93. The maximum Gasteiger partial charge on any atom is 0.313 e. The van der Waals surface area contributed by atoms with E-state index in [1.165, 1.54) is 0 Å². The lowest BCUT2D eigenvalue weighted by Crippen LogP contribution is -2.55. The molecule has 4 N–H and O–H groups in total. The summed E-state index contributed by atoms with van der Waals surface area (Å²) in [4.78, 5) is 30.9. The number of amides is 1. The SMILES string of the molecule is CC1(C(=O)O)COCC1NC(=O)C1Cc2nc[nH]c2CN1. The minimum absolute atomic E-state index is 0.106. The average Bonchev–Trinajstić information content (AvgIpc) is 3.06. The molecule has 1 fully saturated rings. The molecule has 0 aliphatic carbocycles. The van der Waals surface area contributed by atoms with Gasteiger partial charge >= 0.3 is 5.97 Å². The molecule has 2 aliphatic heterocycles. The van der Waals surface area contributed by atoms with Gasteiger partial charge in [0.1, 0.15) is 5.41 Å². The Morgan fingerprint density at radius 2 is 2.38 bits per heavy atom. The van der Waals surface area contributed by atoms with Crippen LogP contribution in [0, 0.1) is 5.41 Å². The highest BCUT2D eigenvalue weighted by molar-refractivity contribution is 5.84. The van der Waals surface area contributed by atoms with E-state index < -0.39 is 23.5 Å². The fourth-order valence-corrected chi connectivity index (χ4v) is 2.71. The first kappa shape index (κ1) is 14.0. The van der Waals surface area contributed by atoms with Gasteiger partial charge in [-0.05, 0) is 6.92 Å². The van der Waals surface area contributed by atoms with Crippen molar-refractivity contribution in [2.75, 3.05) is 13.2 Å². The van der Waals surface area contributed by atoms with Crippen LogP contribution in [0.5, 0.6) is 0 Å². The number of hydrogen-bond acceptors (Lipinski definition) is 5. The number of hydrogen-bond donors (Lipinski definition) is 4. The fraction of sp³-hybridized carbons (Fsp3) is 0.615. The largest absolute Gasteiger partial charge is 0.481 e. The monoisotopic (exact) mass is 294 g/mol. The third kappa shape index (κ3) is 2.40. The zero-order valence-corrected chi connectivity index (χ0v) is 11.7. The van der Waals surface area contributed by atoms with Crippen molar-refractivity contribution in [3.05, 3.63) is 17.7 Å². The molecule has 2 aliphatic rings. The summed E-state index contributed by atoms with van der Waals surface area (Å²) < 4.78 is 5.23. The van der Waals surface area contributed by atoms with Crippen LogP contribution in [0.2, 0.25) is 0 Å². The number of nitrogens with one attached hydrogen (secondary N) is 3. The molecule has 8 nitrogen and oxygen atoms in total. The molecule has 8 heteroatoms. The molecule has 3 rings (SSSR count). The van der Waals surface area contributed by atoms with E-state index in [1.807, 2.05) is 0 Å². The molecule has 3 atom stereocenters. The van der Waals surface area contributed by atoms with Crippen LogP contribution in [0.1, 0.15) is 18.3 Å². The number of H-pyrrole nitrogens is 1. The first-order valence-electron chi connectivity index (χ1n) is 6.87. The fourth-order valence-electron chi connectivity index (χ4n) is 2.71. The van der Waals surface area contributed by atoms with Crippen LogP contribution in [-0.2, 0) is 27.3 Å². The molecule has 3 heterocycles. The van der Waals surface area contributed by atoms with Crippen LogP contribution in [0.15, 0.2) is 6.33 Å². The van der Waals surface area contributed by atoms with Gasteiger partial charge in [0.25, 0.3) is 0 Å². The number of aromatic amines is 1. The van der Waals surface area contributed by atoms with Gasteiger partial charge in [0.15, 0.2) is 0 Å². The van der Waals surface area contributed by atoms with Crippen LogP contribution in [0.25, 0.3) is 0 Å². The Labute approximate surface area is 121 Å². The standard InChI is InChI=1S/C13H18N4O4/c1-13(12(19)20)5-21-4-10(13)17-11(18)8-2-7-9(3-14-8)16-6-15-7/h6,8,10,14H,2-5H2,1H3,(H,15,16)(H,17,18)(H,19,20). The van der Waals surface area contributed by atoms with Gasteiger partial charge in [-0.1, -0.05) is 0 Å². The van der Waals surface area contributed by atoms with E-state index in [4.69, 9.17) is 4.74 Å². The molecule has 0 radical (unpaired) electrons. The summed E-state index contributed by atoms with van der Waals surface area (Å²) in [5, 5.41) is 15.2. The Bertz CT molecular complexity index is 572. The van der Waals surface area contributed by atoms with Crippen molar-refractivity contribution in [1.82, 2.24) is 20.6 Å². The predicted molar refractivity (Wildman–Crippen MR) is 71.4 cm³/mol. The summed E-state index contributed by atoms with van der Waals surface area (Å²) in [5.41, 5.74) is 0.776. The quantitative estimate of drug-likeness (QED) is 0.570. The molecule has 1 aromatic heterocycles. The number of imidazole rings is 1. The van der Waals surface area contributed by atoms with E-state index in [-0.39, 0.29) is 19.1 Å². The van der Waals surface area contributed by atoms with E-state index in [1.54, 1.807) is 13.3 Å². The van der Waals surface area contributed by atoms with Crippen molar-refractivity contribution >= 4 is 11.9 Å². The Kier molecular flexibility index (Phi) is 3.42. The van der Waals surface area contributed by atoms with Crippen molar-refractivity contribution in [3.63, 3.8) is 0 Å². The number of fused-ring (bicyclic) bond motifs is 1. The van der Waals surface area contributed by atoms with E-state index in [0.29, 0.717) is 13.0 Å². The third-order valence-corrected chi connectivity index (χ3v) is 4.31. The second kappa shape index (κ2) is 5.12. The number of carbonyl (C=O) groups is 2. The zero-order valence-electron chi connectivity index (χ0n) is 11.7. The number of nitrogens with zero attached hydrogens (tertiary/aromatic N) is 1. The number of aliphatic carboxylic acids is 1. The van der Waals surface area contributed by atoms with Crippen molar-refractivity contribution in [3.8, 4) is 0 Å². The van der Waals surface area contributed by atoms with Crippen molar-refractivity contribution in [1.29, 1.82) is 0 Å². The van der Waals surface area contributed by atoms with Gasteiger partial charge in [-0.25, -0.2) is 4.98 Å². The summed E-state index contributed by atoms with van der Waals surface area (Å²) in [5.74, 6) is -1.18. The van der Waals surface area contributed by atoms with Crippen LogP contribution in [0.3, 0.4) is 0 Å². The highest BCUT2D eigenvalue weighted by Gasteiger charge is 2.47. The highest BCUT2D eigenvalue weighted by atomic mass is 16.5. The first-order valence-corrected chi connectivity index (χ1v) is 6.87. The zero-order chi connectivity index (χ0) is 15.0. The summed E-state index contributed by atoms with van der Waals surface area (Å²) in [6.45, 7) is 2.46. The Morgan fingerprint density at radius 1 is 1.57 bits per heavy atom. The van der Waals surface area contributed by atoms with E-state index in [9.17, 15) is 14.7 Å². The van der Waals surface area contributed by atoms with Crippen molar-refractivity contribution in [2.24, 2.45) is 5.41 Å². The number of carboxylic acid groups (broad SMARTS) is 1. The van der Waals surface area contributed by atoms with Crippen LogP contribution in [0.4, 0.5) is 0 Å². The topological polar surface area (TPSA) is 116 Å². The lowest BCUT2D eigenvalue weighted by atomic mass is 9.85.